The van der Waals surface area contributed by atoms with Crippen molar-refractivity contribution in [2.75, 3.05) is 6.61 Å². The van der Waals surface area contributed by atoms with E-state index >= 15 is 0 Å². The predicted octanol–water partition coefficient (Wildman–Crippen LogP) is 4.54. The van der Waals surface area contributed by atoms with E-state index in [4.69, 9.17) is 4.74 Å². The smallest absolute Gasteiger partial charge is 0.305 e. The van der Waals surface area contributed by atoms with Gasteiger partial charge >= 0.3 is 5.97 Å². The van der Waals surface area contributed by atoms with Crippen molar-refractivity contribution in [2.45, 2.75) is 44.6 Å². The first-order chi connectivity index (χ1) is 16.3. The van der Waals surface area contributed by atoms with Crippen molar-refractivity contribution in [1.29, 1.82) is 0 Å². The minimum atomic E-state index is -3.67. The number of carbonyl (C=O) groups excluding carboxylic acids is 1. The Kier molecular flexibility index (Phi) is 8.60. The van der Waals surface area contributed by atoms with E-state index in [1.165, 1.54) is 18.2 Å². The summed E-state index contributed by atoms with van der Waals surface area (Å²) in [5.41, 5.74) is 2.62. The van der Waals surface area contributed by atoms with Gasteiger partial charge in [-0.2, -0.15) is 0 Å². The molecule has 1 aromatic heterocycles. The number of aromatic nitrogens is 1. The number of nitrogens with zero attached hydrogens (tertiary/aromatic N) is 1. The summed E-state index contributed by atoms with van der Waals surface area (Å²) in [6, 6.07) is 17.8. The van der Waals surface area contributed by atoms with Gasteiger partial charge in [-0.1, -0.05) is 48.5 Å². The normalized spacial score (nSPS) is 11.6. The molecule has 0 aliphatic rings. The second-order valence-electron chi connectivity index (χ2n) is 7.94. The van der Waals surface area contributed by atoms with Crippen LogP contribution >= 0.6 is 0 Å². The highest BCUT2D eigenvalue weighted by Crippen LogP contribution is 2.19. The first-order valence-electron chi connectivity index (χ1n) is 11.2. The zero-order valence-electron chi connectivity index (χ0n) is 19.4. The van der Waals surface area contributed by atoms with Gasteiger partial charge in [0.25, 0.3) is 5.56 Å². The van der Waals surface area contributed by atoms with Gasteiger partial charge in [-0.25, -0.2) is 8.42 Å². The molecule has 0 unspecified atom stereocenters. The zero-order chi connectivity index (χ0) is 24.6. The lowest BCUT2D eigenvalue weighted by Gasteiger charge is -2.14. The van der Waals surface area contributed by atoms with Crippen LogP contribution in [0.1, 0.15) is 42.0 Å². The molecule has 0 atom stereocenters. The number of sulfone groups is 1. The molecule has 0 radical (unpaired) electrons. The molecule has 2 aromatic carbocycles. The van der Waals surface area contributed by atoms with Crippen LogP contribution in [0.5, 0.6) is 0 Å². The van der Waals surface area contributed by atoms with Crippen molar-refractivity contribution < 1.29 is 17.9 Å². The molecule has 6 nitrogen and oxygen atoms in total. The largest absolute Gasteiger partial charge is 0.466 e. The second kappa shape index (κ2) is 11.6. The molecule has 0 saturated heterocycles. The monoisotopic (exact) mass is 479 g/mol. The van der Waals surface area contributed by atoms with Crippen LogP contribution in [-0.2, 0) is 32.3 Å². The van der Waals surface area contributed by atoms with Gasteiger partial charge in [0.05, 0.1) is 18.0 Å². The number of benzene rings is 2. The summed E-state index contributed by atoms with van der Waals surface area (Å²) < 4.78 is 32.2. The maximum Gasteiger partial charge on any atom is 0.305 e. The second-order valence-corrected chi connectivity index (χ2v) is 9.78. The lowest BCUT2D eigenvalue weighted by atomic mass is 10.00. The average molecular weight is 480 g/mol. The summed E-state index contributed by atoms with van der Waals surface area (Å²) in [6.07, 6.45) is 4.18. The summed E-state index contributed by atoms with van der Waals surface area (Å²) in [4.78, 5) is 25.4. The van der Waals surface area contributed by atoms with Crippen molar-refractivity contribution in [3.63, 3.8) is 0 Å². The third-order valence-corrected chi connectivity index (χ3v) is 6.84. The first kappa shape index (κ1) is 25.2. The van der Waals surface area contributed by atoms with Crippen molar-refractivity contribution in [1.82, 2.24) is 4.57 Å². The van der Waals surface area contributed by atoms with Crippen LogP contribution < -0.4 is 5.56 Å². The van der Waals surface area contributed by atoms with Gasteiger partial charge in [-0.05, 0) is 61.6 Å². The Bertz CT molecular complexity index is 1310. The Morgan fingerprint density at radius 3 is 2.32 bits per heavy atom. The van der Waals surface area contributed by atoms with Gasteiger partial charge in [0, 0.05) is 23.6 Å². The summed E-state index contributed by atoms with van der Waals surface area (Å²) in [7, 11) is -3.67. The van der Waals surface area contributed by atoms with Gasteiger partial charge in [-0.3, -0.25) is 9.59 Å². The number of hydrogen-bond donors (Lipinski definition) is 0. The van der Waals surface area contributed by atoms with E-state index in [1.807, 2.05) is 37.3 Å². The SMILES string of the molecule is CCOC(=O)CCCc1c(/C=C/S(=O)(=O)c2ccccc2)c(C)cn(Cc2ccccc2)c1=O. The maximum atomic E-state index is 13.4. The summed E-state index contributed by atoms with van der Waals surface area (Å²) >= 11 is 0. The molecule has 3 aromatic rings. The van der Waals surface area contributed by atoms with Crippen LogP contribution in [0.3, 0.4) is 0 Å². The van der Waals surface area contributed by atoms with Crippen molar-refractivity contribution in [3.8, 4) is 0 Å². The van der Waals surface area contributed by atoms with E-state index in [1.54, 1.807) is 35.9 Å². The Balaban J connectivity index is 1.98. The van der Waals surface area contributed by atoms with E-state index in [0.717, 1.165) is 16.5 Å². The standard InChI is InChI=1S/C27H29NO5S/c1-3-33-26(29)16-10-15-25-24(17-18-34(31,32)23-13-8-5-9-14-23)21(2)19-28(27(25)30)20-22-11-6-4-7-12-22/h4-9,11-14,17-19H,3,10,15-16,20H2,1-2H3/b18-17+. The van der Waals surface area contributed by atoms with Crippen LogP contribution in [-0.4, -0.2) is 25.6 Å². The molecule has 0 aliphatic carbocycles. The zero-order valence-corrected chi connectivity index (χ0v) is 20.3. The van der Waals surface area contributed by atoms with Crippen LogP contribution in [0.15, 0.2) is 82.0 Å². The summed E-state index contributed by atoms with van der Waals surface area (Å²) in [5.74, 6) is -0.316. The Hall–Kier alpha value is -3.45. The molecule has 0 fully saturated rings. The number of ether oxygens (including phenoxy) is 1. The van der Waals surface area contributed by atoms with E-state index in [2.05, 4.69) is 0 Å². The van der Waals surface area contributed by atoms with Crippen LogP contribution in [0.2, 0.25) is 0 Å². The fraction of sp³-hybridized carbons (Fsp3) is 0.259. The number of rotatable bonds is 10. The fourth-order valence-corrected chi connectivity index (χ4v) is 4.76. The van der Waals surface area contributed by atoms with Crippen molar-refractivity contribution >= 4 is 21.9 Å². The van der Waals surface area contributed by atoms with Crippen LogP contribution in [0, 0.1) is 6.92 Å². The highest BCUT2D eigenvalue weighted by molar-refractivity contribution is 7.94. The predicted molar refractivity (Wildman–Crippen MR) is 133 cm³/mol. The van der Waals surface area contributed by atoms with Gasteiger partial charge in [0.2, 0.25) is 0 Å². The average Bonchev–Trinajstić information content (AvgIpc) is 2.83. The highest BCUT2D eigenvalue weighted by atomic mass is 32.2. The van der Waals surface area contributed by atoms with Gasteiger partial charge in [-0.15, -0.1) is 0 Å². The Morgan fingerprint density at radius 1 is 1.03 bits per heavy atom. The molecule has 3 rings (SSSR count). The highest BCUT2D eigenvalue weighted by Gasteiger charge is 2.15. The van der Waals surface area contributed by atoms with Gasteiger partial charge in [0.15, 0.2) is 9.84 Å². The number of esters is 1. The van der Waals surface area contributed by atoms with Crippen molar-refractivity contribution in [2.24, 2.45) is 0 Å². The minimum absolute atomic E-state index is 0.185. The van der Waals surface area contributed by atoms with Crippen molar-refractivity contribution in [3.05, 3.63) is 105 Å². The molecule has 0 bridgehead atoms. The molecule has 0 amide bonds. The molecule has 0 aliphatic heterocycles. The number of pyridine rings is 1. The molecular formula is C27H29NO5S. The van der Waals surface area contributed by atoms with E-state index in [0.29, 0.717) is 37.1 Å². The van der Waals surface area contributed by atoms with E-state index in [9.17, 15) is 18.0 Å². The molecule has 178 valence electrons. The van der Waals surface area contributed by atoms with Gasteiger partial charge < -0.3 is 9.30 Å². The number of carbonyl (C=O) groups is 1. The maximum absolute atomic E-state index is 13.4. The molecule has 34 heavy (non-hydrogen) atoms. The molecule has 0 saturated carbocycles. The number of aryl methyl sites for hydroxylation is 1. The fourth-order valence-electron chi connectivity index (χ4n) is 3.75. The molecule has 1 heterocycles. The third-order valence-electron chi connectivity index (χ3n) is 5.41. The van der Waals surface area contributed by atoms with Crippen LogP contribution in [0.4, 0.5) is 0 Å². The van der Waals surface area contributed by atoms with E-state index in [-0.39, 0.29) is 22.8 Å². The quantitative estimate of drug-likeness (QED) is 0.399. The van der Waals surface area contributed by atoms with Crippen LogP contribution in [0.25, 0.3) is 6.08 Å². The molecular weight excluding hydrogens is 450 g/mol. The topological polar surface area (TPSA) is 82.4 Å². The first-order valence-corrected chi connectivity index (χ1v) is 12.8. The minimum Gasteiger partial charge on any atom is -0.466 e. The van der Waals surface area contributed by atoms with E-state index < -0.39 is 9.84 Å². The summed E-state index contributed by atoms with van der Waals surface area (Å²) in [6.45, 7) is 4.30. The van der Waals surface area contributed by atoms with Gasteiger partial charge in [0.1, 0.15) is 0 Å². The third kappa shape index (κ3) is 6.54. The summed E-state index contributed by atoms with van der Waals surface area (Å²) in [5, 5.41) is 1.14. The number of hydrogen-bond acceptors (Lipinski definition) is 5. The lowest BCUT2D eigenvalue weighted by molar-refractivity contribution is -0.143. The Morgan fingerprint density at radius 2 is 1.68 bits per heavy atom. The Labute approximate surface area is 200 Å². The molecule has 7 heteroatoms. The molecule has 0 N–H and O–H groups in total. The lowest BCUT2D eigenvalue weighted by Crippen LogP contribution is -2.26. The molecule has 0 spiro atoms.